The normalized spacial score (nSPS) is 15.1. The van der Waals surface area contributed by atoms with Crippen LogP contribution in [-0.2, 0) is 14.8 Å². The average molecular weight is 531 g/mol. The number of alkyl halides is 1. The Balaban J connectivity index is 1.80. The summed E-state index contributed by atoms with van der Waals surface area (Å²) in [5.41, 5.74) is 0.187. The van der Waals surface area contributed by atoms with Gasteiger partial charge in [-0.15, -0.1) is 11.6 Å². The van der Waals surface area contributed by atoms with Crippen molar-refractivity contribution in [2.75, 3.05) is 19.0 Å². The number of amides is 1. The molecule has 1 fully saturated rings. The Labute approximate surface area is 208 Å². The molecule has 0 atom stereocenters. The minimum atomic E-state index is -3.97. The molecule has 2 aromatic carbocycles. The molecule has 1 aliphatic rings. The molecule has 0 aromatic heterocycles. The van der Waals surface area contributed by atoms with Crippen molar-refractivity contribution in [2.45, 2.75) is 36.6 Å². The van der Waals surface area contributed by atoms with Crippen LogP contribution in [0.5, 0.6) is 11.5 Å². The van der Waals surface area contributed by atoms with E-state index in [0.29, 0.717) is 41.6 Å². The molecule has 1 amide bonds. The Kier molecular flexibility index (Phi) is 8.85. The van der Waals surface area contributed by atoms with Gasteiger partial charge in [-0.2, -0.15) is 9.57 Å². The number of hydrogen-bond donors (Lipinski definition) is 1. The number of piperidine rings is 1. The molecule has 0 bridgehead atoms. The van der Waals surface area contributed by atoms with Crippen molar-refractivity contribution in [3.05, 3.63) is 52.0 Å². The lowest BCUT2D eigenvalue weighted by molar-refractivity contribution is -0.122. The summed E-state index contributed by atoms with van der Waals surface area (Å²) in [5, 5.41) is 12.9. The molecule has 7 nitrogen and oxygen atoms in total. The van der Waals surface area contributed by atoms with Crippen LogP contribution in [0, 0.1) is 11.3 Å². The average Bonchev–Trinajstić information content (AvgIpc) is 2.77. The lowest BCUT2D eigenvalue weighted by Gasteiger charge is -2.32. The first-order chi connectivity index (χ1) is 15.7. The van der Waals surface area contributed by atoms with E-state index in [1.165, 1.54) is 40.7 Å². The van der Waals surface area contributed by atoms with E-state index in [-0.39, 0.29) is 47.0 Å². The molecular weight excluding hydrogens is 509 g/mol. The Morgan fingerprint density at radius 1 is 1.15 bits per heavy atom. The molecule has 0 radical (unpaired) electrons. The van der Waals surface area contributed by atoms with Crippen LogP contribution >= 0.6 is 34.8 Å². The number of nitrogens with zero attached hydrogens (tertiary/aromatic N) is 2. The van der Waals surface area contributed by atoms with Crippen molar-refractivity contribution in [2.24, 2.45) is 0 Å². The van der Waals surface area contributed by atoms with E-state index in [0.717, 1.165) is 0 Å². The van der Waals surface area contributed by atoms with Crippen molar-refractivity contribution in [3.8, 4) is 17.6 Å². The number of nitrogens with one attached hydrogen (secondary N) is 1. The topological polar surface area (TPSA) is 99.5 Å². The summed E-state index contributed by atoms with van der Waals surface area (Å²) in [6.45, 7) is 0.448. The first-order valence-electron chi connectivity index (χ1n) is 10.3. The SMILES string of the molecule is N#Cc1ccc(Oc2cc(Cl)cc(Cl)c2)c(S(=O)(=O)N2CCC(NC(=O)CCCCl)CC2)c1. The molecule has 2 aromatic rings. The quantitative estimate of drug-likeness (QED) is 0.487. The summed E-state index contributed by atoms with van der Waals surface area (Å²) >= 11 is 17.7. The Bertz CT molecular complexity index is 1140. The highest BCUT2D eigenvalue weighted by Crippen LogP contribution is 2.35. The van der Waals surface area contributed by atoms with E-state index < -0.39 is 10.0 Å². The monoisotopic (exact) mass is 529 g/mol. The van der Waals surface area contributed by atoms with Gasteiger partial charge in [0.25, 0.3) is 0 Å². The first-order valence-corrected chi connectivity index (χ1v) is 13.0. The fraction of sp³-hybridized carbons (Fsp3) is 0.364. The van der Waals surface area contributed by atoms with Crippen LogP contribution in [0.1, 0.15) is 31.2 Å². The fourth-order valence-corrected chi connectivity index (χ4v) is 5.73. The molecule has 176 valence electrons. The van der Waals surface area contributed by atoms with Crippen LogP contribution in [0.25, 0.3) is 0 Å². The highest BCUT2D eigenvalue weighted by atomic mass is 35.5. The summed E-state index contributed by atoms with van der Waals surface area (Å²) < 4.78 is 34.0. The zero-order valence-corrected chi connectivity index (χ0v) is 20.6. The van der Waals surface area contributed by atoms with E-state index in [9.17, 15) is 18.5 Å². The number of hydrogen-bond acceptors (Lipinski definition) is 5. The third-order valence-corrected chi connectivity index (χ3v) is 7.73. The number of rotatable bonds is 8. The molecule has 1 saturated heterocycles. The second kappa shape index (κ2) is 11.4. The Morgan fingerprint density at radius 3 is 2.42 bits per heavy atom. The second-order valence-corrected chi connectivity index (χ2v) is 10.7. The van der Waals surface area contributed by atoms with Gasteiger partial charge in [0, 0.05) is 41.5 Å². The highest BCUT2D eigenvalue weighted by molar-refractivity contribution is 7.89. The highest BCUT2D eigenvalue weighted by Gasteiger charge is 2.32. The lowest BCUT2D eigenvalue weighted by Crippen LogP contribution is -2.46. The molecule has 1 aliphatic heterocycles. The molecule has 3 rings (SSSR count). The number of benzene rings is 2. The predicted molar refractivity (Wildman–Crippen MR) is 128 cm³/mol. The molecule has 1 heterocycles. The zero-order chi connectivity index (χ0) is 24.0. The lowest BCUT2D eigenvalue weighted by atomic mass is 10.1. The van der Waals surface area contributed by atoms with E-state index in [4.69, 9.17) is 39.5 Å². The van der Waals surface area contributed by atoms with Gasteiger partial charge in [0.05, 0.1) is 11.6 Å². The summed E-state index contributed by atoms with van der Waals surface area (Å²) in [4.78, 5) is 11.8. The van der Waals surface area contributed by atoms with E-state index in [1.807, 2.05) is 6.07 Å². The minimum Gasteiger partial charge on any atom is -0.456 e. The van der Waals surface area contributed by atoms with Gasteiger partial charge in [-0.05, 0) is 55.7 Å². The van der Waals surface area contributed by atoms with Crippen LogP contribution in [0.2, 0.25) is 10.0 Å². The molecule has 11 heteroatoms. The third-order valence-electron chi connectivity index (χ3n) is 5.11. The number of halogens is 3. The standard InChI is InChI=1S/C22H22Cl3N3O4S/c23-7-1-2-22(29)27-18-5-8-28(9-6-18)33(30,31)21-10-15(14-26)3-4-20(21)32-19-12-16(24)11-17(25)13-19/h3-4,10-13,18H,1-2,5-9H2,(H,27,29). The summed E-state index contributed by atoms with van der Waals surface area (Å²) in [6.07, 6.45) is 1.89. The molecule has 0 saturated carbocycles. The van der Waals surface area contributed by atoms with Gasteiger partial charge in [0.1, 0.15) is 16.4 Å². The number of ether oxygens (including phenoxy) is 1. The van der Waals surface area contributed by atoms with Crippen LogP contribution in [0.3, 0.4) is 0 Å². The van der Waals surface area contributed by atoms with E-state index in [2.05, 4.69) is 5.32 Å². The van der Waals surface area contributed by atoms with Crippen molar-refractivity contribution in [1.82, 2.24) is 9.62 Å². The molecule has 0 spiro atoms. The number of carbonyl (C=O) groups excluding carboxylic acids is 1. The number of carbonyl (C=O) groups is 1. The molecule has 0 unspecified atom stereocenters. The van der Waals surface area contributed by atoms with Crippen molar-refractivity contribution >= 4 is 50.7 Å². The van der Waals surface area contributed by atoms with Crippen molar-refractivity contribution in [3.63, 3.8) is 0 Å². The van der Waals surface area contributed by atoms with Gasteiger partial charge in [0.2, 0.25) is 15.9 Å². The van der Waals surface area contributed by atoms with Crippen LogP contribution in [0.4, 0.5) is 0 Å². The van der Waals surface area contributed by atoms with E-state index in [1.54, 1.807) is 0 Å². The summed E-state index contributed by atoms with van der Waals surface area (Å²) in [7, 11) is -3.97. The molecular formula is C22H22Cl3N3O4S. The van der Waals surface area contributed by atoms with Crippen molar-refractivity contribution in [1.29, 1.82) is 5.26 Å². The van der Waals surface area contributed by atoms with Gasteiger partial charge in [-0.25, -0.2) is 8.42 Å². The Hall–Kier alpha value is -2.02. The van der Waals surface area contributed by atoms with Gasteiger partial charge < -0.3 is 10.1 Å². The second-order valence-electron chi connectivity index (χ2n) is 7.52. The smallest absolute Gasteiger partial charge is 0.246 e. The molecule has 1 N–H and O–H groups in total. The largest absolute Gasteiger partial charge is 0.456 e. The Morgan fingerprint density at radius 2 is 1.82 bits per heavy atom. The van der Waals surface area contributed by atoms with Crippen molar-refractivity contribution < 1.29 is 17.9 Å². The molecule has 33 heavy (non-hydrogen) atoms. The maximum atomic E-state index is 13.5. The molecule has 0 aliphatic carbocycles. The van der Waals surface area contributed by atoms with E-state index >= 15 is 0 Å². The summed E-state index contributed by atoms with van der Waals surface area (Å²) in [6, 6.07) is 10.6. The van der Waals surface area contributed by atoms with Gasteiger partial charge in [0.15, 0.2) is 0 Å². The zero-order valence-electron chi connectivity index (χ0n) is 17.6. The van der Waals surface area contributed by atoms with Crippen LogP contribution in [0.15, 0.2) is 41.3 Å². The predicted octanol–water partition coefficient (Wildman–Crippen LogP) is 4.95. The van der Waals surface area contributed by atoms with Crippen LogP contribution in [-0.4, -0.2) is 43.6 Å². The maximum Gasteiger partial charge on any atom is 0.246 e. The third kappa shape index (κ3) is 6.75. The van der Waals surface area contributed by atoms with Gasteiger partial charge in [-0.1, -0.05) is 23.2 Å². The van der Waals surface area contributed by atoms with Gasteiger partial charge in [-0.3, -0.25) is 4.79 Å². The number of sulfonamides is 1. The van der Waals surface area contributed by atoms with Crippen LogP contribution < -0.4 is 10.1 Å². The van der Waals surface area contributed by atoms with Gasteiger partial charge >= 0.3 is 0 Å². The summed E-state index contributed by atoms with van der Waals surface area (Å²) in [5.74, 6) is 0.655. The number of nitriles is 1. The minimum absolute atomic E-state index is 0.0591. The first kappa shape index (κ1) is 25.6. The maximum absolute atomic E-state index is 13.5. The fourth-order valence-electron chi connectivity index (χ4n) is 3.48.